The zero-order chi connectivity index (χ0) is 9.68. The summed E-state index contributed by atoms with van der Waals surface area (Å²) in [6, 6.07) is 0. The maximum atomic E-state index is 11.0. The molecule has 0 aromatic carbocycles. The van der Waals surface area contributed by atoms with Crippen LogP contribution in [0.2, 0.25) is 0 Å². The van der Waals surface area contributed by atoms with Crippen molar-refractivity contribution in [3.8, 4) is 0 Å². The number of hydrogen-bond donors (Lipinski definition) is 1. The van der Waals surface area contributed by atoms with Crippen molar-refractivity contribution in [3.05, 3.63) is 0 Å². The van der Waals surface area contributed by atoms with Gasteiger partial charge < -0.3 is 5.32 Å². The SMILES string of the molecule is CC(CCNC1=NCCC1)S(C)=O. The number of amidine groups is 1. The Bertz CT molecular complexity index is 216. The molecule has 0 saturated heterocycles. The van der Waals surface area contributed by atoms with E-state index in [1.165, 1.54) is 6.42 Å². The van der Waals surface area contributed by atoms with Crippen molar-refractivity contribution in [3.63, 3.8) is 0 Å². The lowest BCUT2D eigenvalue weighted by molar-refractivity contribution is 0.665. The van der Waals surface area contributed by atoms with E-state index in [4.69, 9.17) is 0 Å². The molecule has 76 valence electrons. The van der Waals surface area contributed by atoms with Gasteiger partial charge >= 0.3 is 0 Å². The number of nitrogens with zero attached hydrogens (tertiary/aromatic N) is 1. The molecule has 1 heterocycles. The highest BCUT2D eigenvalue weighted by atomic mass is 32.2. The first-order chi connectivity index (χ1) is 6.20. The predicted octanol–water partition coefficient (Wildman–Crippen LogP) is 0.925. The van der Waals surface area contributed by atoms with Crippen LogP contribution in [-0.4, -0.2) is 34.6 Å². The summed E-state index contributed by atoms with van der Waals surface area (Å²) in [6.45, 7) is 3.89. The minimum absolute atomic E-state index is 0.287. The fourth-order valence-corrected chi connectivity index (χ4v) is 1.72. The molecule has 1 N–H and O–H groups in total. The van der Waals surface area contributed by atoms with E-state index in [9.17, 15) is 4.21 Å². The molecule has 1 aliphatic rings. The fraction of sp³-hybridized carbons (Fsp3) is 0.889. The van der Waals surface area contributed by atoms with Crippen LogP contribution in [0.1, 0.15) is 26.2 Å². The van der Waals surface area contributed by atoms with Crippen molar-refractivity contribution >= 4 is 16.6 Å². The summed E-state index contributed by atoms with van der Waals surface area (Å²) in [5.74, 6) is 1.13. The number of nitrogens with one attached hydrogen (secondary N) is 1. The standard InChI is InChI=1S/C9H18N2OS/c1-8(13(2)12)5-7-11-9-4-3-6-10-9/h8H,3-7H2,1-2H3,(H,10,11). The highest BCUT2D eigenvalue weighted by molar-refractivity contribution is 7.84. The van der Waals surface area contributed by atoms with Crippen LogP contribution >= 0.6 is 0 Å². The lowest BCUT2D eigenvalue weighted by atomic mass is 10.3. The van der Waals surface area contributed by atoms with Crippen LogP contribution in [-0.2, 0) is 10.8 Å². The topological polar surface area (TPSA) is 41.5 Å². The van der Waals surface area contributed by atoms with Crippen molar-refractivity contribution in [2.45, 2.75) is 31.4 Å². The molecular formula is C9H18N2OS. The Balaban J connectivity index is 2.09. The normalized spacial score (nSPS) is 20.9. The van der Waals surface area contributed by atoms with E-state index in [1.54, 1.807) is 6.26 Å². The summed E-state index contributed by atoms with van der Waals surface area (Å²) in [6.07, 6.45) is 4.99. The van der Waals surface area contributed by atoms with E-state index < -0.39 is 10.8 Å². The Morgan fingerprint density at radius 3 is 3.00 bits per heavy atom. The van der Waals surface area contributed by atoms with Gasteiger partial charge in [0, 0.05) is 41.8 Å². The largest absolute Gasteiger partial charge is 0.374 e. The molecule has 0 fully saturated rings. The van der Waals surface area contributed by atoms with Gasteiger partial charge in [0.2, 0.25) is 0 Å². The second-order valence-corrected chi connectivity index (χ2v) is 5.26. The van der Waals surface area contributed by atoms with Crippen LogP contribution in [0, 0.1) is 0 Å². The molecule has 1 rings (SSSR count). The lowest BCUT2D eigenvalue weighted by Crippen LogP contribution is -2.26. The Kier molecular flexibility index (Phi) is 4.42. The highest BCUT2D eigenvalue weighted by Gasteiger charge is 2.08. The van der Waals surface area contributed by atoms with Crippen molar-refractivity contribution in [2.24, 2.45) is 4.99 Å². The van der Waals surface area contributed by atoms with Crippen molar-refractivity contribution in [2.75, 3.05) is 19.3 Å². The molecule has 1 aliphatic heterocycles. The smallest absolute Gasteiger partial charge is 0.0963 e. The van der Waals surface area contributed by atoms with Gasteiger partial charge in [0.05, 0.1) is 5.84 Å². The molecule has 0 amide bonds. The Labute approximate surface area is 82.5 Å². The van der Waals surface area contributed by atoms with Gasteiger partial charge in [-0.1, -0.05) is 6.92 Å². The summed E-state index contributed by atoms with van der Waals surface area (Å²) in [5.41, 5.74) is 0. The molecule has 0 radical (unpaired) electrons. The summed E-state index contributed by atoms with van der Waals surface area (Å²) >= 11 is 0. The van der Waals surface area contributed by atoms with Gasteiger partial charge in [0.1, 0.15) is 0 Å². The van der Waals surface area contributed by atoms with Crippen LogP contribution in [0.5, 0.6) is 0 Å². The Hall–Kier alpha value is -0.380. The molecule has 2 unspecified atom stereocenters. The molecule has 0 aromatic rings. The second kappa shape index (κ2) is 5.37. The van der Waals surface area contributed by atoms with Gasteiger partial charge in [-0.3, -0.25) is 9.20 Å². The van der Waals surface area contributed by atoms with Gasteiger partial charge in [-0.25, -0.2) is 0 Å². The van der Waals surface area contributed by atoms with Crippen molar-refractivity contribution in [1.82, 2.24) is 5.32 Å². The van der Waals surface area contributed by atoms with Crippen LogP contribution < -0.4 is 5.32 Å². The molecule has 0 spiro atoms. The van der Waals surface area contributed by atoms with Gasteiger partial charge in [-0.05, 0) is 12.8 Å². The molecular weight excluding hydrogens is 184 g/mol. The van der Waals surface area contributed by atoms with Crippen LogP contribution in [0.15, 0.2) is 4.99 Å². The third-order valence-electron chi connectivity index (χ3n) is 2.32. The quantitative estimate of drug-likeness (QED) is 0.736. The fourth-order valence-electron chi connectivity index (χ4n) is 1.27. The second-order valence-electron chi connectivity index (χ2n) is 3.46. The highest BCUT2D eigenvalue weighted by Crippen LogP contribution is 2.02. The molecule has 2 atom stereocenters. The Morgan fingerprint density at radius 1 is 1.69 bits per heavy atom. The maximum Gasteiger partial charge on any atom is 0.0963 e. The van der Waals surface area contributed by atoms with Crippen molar-refractivity contribution < 1.29 is 4.21 Å². The average Bonchev–Trinajstić information content (AvgIpc) is 2.56. The number of aliphatic imine (C=N–C) groups is 1. The van der Waals surface area contributed by atoms with E-state index in [0.29, 0.717) is 0 Å². The third kappa shape index (κ3) is 3.89. The molecule has 13 heavy (non-hydrogen) atoms. The summed E-state index contributed by atoms with van der Waals surface area (Å²) in [5, 5.41) is 3.57. The minimum Gasteiger partial charge on any atom is -0.374 e. The molecule has 4 heteroatoms. The van der Waals surface area contributed by atoms with E-state index in [0.717, 1.165) is 31.8 Å². The number of hydrogen-bond acceptors (Lipinski definition) is 3. The molecule has 0 aromatic heterocycles. The maximum absolute atomic E-state index is 11.0. The van der Waals surface area contributed by atoms with Crippen LogP contribution in [0.25, 0.3) is 0 Å². The molecule has 0 aliphatic carbocycles. The summed E-state index contributed by atoms with van der Waals surface area (Å²) < 4.78 is 11.0. The van der Waals surface area contributed by atoms with Crippen molar-refractivity contribution in [1.29, 1.82) is 0 Å². The van der Waals surface area contributed by atoms with Crippen LogP contribution in [0.4, 0.5) is 0 Å². The van der Waals surface area contributed by atoms with Crippen LogP contribution in [0.3, 0.4) is 0 Å². The third-order valence-corrected chi connectivity index (χ3v) is 3.69. The number of rotatable bonds is 4. The first-order valence-electron chi connectivity index (χ1n) is 4.79. The van der Waals surface area contributed by atoms with Gasteiger partial charge in [0.25, 0.3) is 0 Å². The van der Waals surface area contributed by atoms with Gasteiger partial charge in [-0.15, -0.1) is 0 Å². The van der Waals surface area contributed by atoms with E-state index in [2.05, 4.69) is 10.3 Å². The molecule has 0 bridgehead atoms. The van der Waals surface area contributed by atoms with E-state index >= 15 is 0 Å². The summed E-state index contributed by atoms with van der Waals surface area (Å²) in [4.78, 5) is 4.31. The first-order valence-corrected chi connectivity index (χ1v) is 6.41. The summed E-state index contributed by atoms with van der Waals surface area (Å²) in [7, 11) is -0.693. The zero-order valence-corrected chi connectivity index (χ0v) is 9.19. The first kappa shape index (κ1) is 10.7. The van der Waals surface area contributed by atoms with E-state index in [1.807, 2.05) is 6.92 Å². The monoisotopic (exact) mass is 202 g/mol. The minimum atomic E-state index is -0.693. The Morgan fingerprint density at radius 2 is 2.46 bits per heavy atom. The average molecular weight is 202 g/mol. The zero-order valence-electron chi connectivity index (χ0n) is 8.38. The lowest BCUT2D eigenvalue weighted by Gasteiger charge is -2.09. The molecule has 0 saturated carbocycles. The van der Waals surface area contributed by atoms with Gasteiger partial charge in [-0.2, -0.15) is 0 Å². The predicted molar refractivity (Wildman–Crippen MR) is 57.7 cm³/mol. The van der Waals surface area contributed by atoms with Gasteiger partial charge in [0.15, 0.2) is 0 Å². The molecule has 3 nitrogen and oxygen atoms in total. The van der Waals surface area contributed by atoms with E-state index in [-0.39, 0.29) is 5.25 Å².